The number of nitrogens with zero attached hydrogens (tertiary/aromatic N) is 1. The van der Waals surface area contributed by atoms with Crippen LogP contribution >= 0.6 is 0 Å². The summed E-state index contributed by atoms with van der Waals surface area (Å²) in [5, 5.41) is 1.25. The van der Waals surface area contributed by atoms with Crippen molar-refractivity contribution in [2.75, 3.05) is 6.54 Å². The van der Waals surface area contributed by atoms with Crippen LogP contribution in [-0.4, -0.2) is 22.3 Å². The lowest BCUT2D eigenvalue weighted by molar-refractivity contribution is -0.131. The monoisotopic (exact) mass is 308 g/mol. The van der Waals surface area contributed by atoms with Gasteiger partial charge in [0.1, 0.15) is 5.82 Å². The fourth-order valence-corrected chi connectivity index (χ4v) is 3.34. The number of aromatic nitrogens is 1. The minimum absolute atomic E-state index is 0.0416. The first-order valence-corrected chi connectivity index (χ1v) is 7.81. The summed E-state index contributed by atoms with van der Waals surface area (Å²) in [6.45, 7) is 1.31. The second-order valence-corrected chi connectivity index (χ2v) is 6.00. The minimum Gasteiger partial charge on any atom is -0.357 e. The number of halogens is 1. The number of carbonyl (C=O) groups is 1. The van der Waals surface area contributed by atoms with E-state index in [0.29, 0.717) is 13.1 Å². The average molecular weight is 308 g/mol. The molecule has 0 spiro atoms. The summed E-state index contributed by atoms with van der Waals surface area (Å²) in [5.74, 6) is -0.258. The van der Waals surface area contributed by atoms with Gasteiger partial charge in [0.2, 0.25) is 5.91 Å². The number of nitrogens with one attached hydrogen (secondary N) is 1. The fourth-order valence-electron chi connectivity index (χ4n) is 3.34. The SMILES string of the molecule is O=C(Cc1cccc(F)c1)N1CCc2c([nH]c3ccccc23)C1. The molecule has 0 saturated carbocycles. The van der Waals surface area contributed by atoms with Crippen LogP contribution in [0.5, 0.6) is 0 Å². The Morgan fingerprint density at radius 3 is 2.91 bits per heavy atom. The Bertz CT molecular complexity index is 884. The van der Waals surface area contributed by atoms with Gasteiger partial charge >= 0.3 is 0 Å². The average Bonchev–Trinajstić information content (AvgIpc) is 2.92. The maximum Gasteiger partial charge on any atom is 0.227 e. The summed E-state index contributed by atoms with van der Waals surface area (Å²) < 4.78 is 13.2. The van der Waals surface area contributed by atoms with Gasteiger partial charge in [0, 0.05) is 23.1 Å². The van der Waals surface area contributed by atoms with Crippen LogP contribution in [0, 0.1) is 5.82 Å². The molecule has 3 nitrogen and oxygen atoms in total. The Balaban J connectivity index is 1.54. The number of carbonyl (C=O) groups excluding carboxylic acids is 1. The molecule has 0 aliphatic carbocycles. The van der Waals surface area contributed by atoms with Gasteiger partial charge in [-0.05, 0) is 35.7 Å². The second kappa shape index (κ2) is 5.54. The van der Waals surface area contributed by atoms with E-state index in [1.54, 1.807) is 12.1 Å². The molecule has 0 fully saturated rings. The normalized spacial score (nSPS) is 14.0. The topological polar surface area (TPSA) is 36.1 Å². The van der Waals surface area contributed by atoms with Crippen LogP contribution in [0.4, 0.5) is 4.39 Å². The van der Waals surface area contributed by atoms with Crippen LogP contribution in [0.3, 0.4) is 0 Å². The number of hydrogen-bond acceptors (Lipinski definition) is 1. The highest BCUT2D eigenvalue weighted by Gasteiger charge is 2.23. The molecule has 0 radical (unpaired) electrons. The molecule has 23 heavy (non-hydrogen) atoms. The van der Waals surface area contributed by atoms with Crippen molar-refractivity contribution in [1.29, 1.82) is 0 Å². The molecular weight excluding hydrogens is 291 g/mol. The molecule has 4 heteroatoms. The minimum atomic E-state index is -0.299. The van der Waals surface area contributed by atoms with Gasteiger partial charge in [0.15, 0.2) is 0 Å². The molecule has 0 unspecified atom stereocenters. The predicted molar refractivity (Wildman–Crippen MR) is 87.5 cm³/mol. The molecule has 0 saturated heterocycles. The van der Waals surface area contributed by atoms with Crippen molar-refractivity contribution in [3.63, 3.8) is 0 Å². The molecule has 116 valence electrons. The molecule has 0 atom stereocenters. The van der Waals surface area contributed by atoms with E-state index < -0.39 is 0 Å². The molecule has 1 aromatic heterocycles. The molecule has 1 N–H and O–H groups in total. The Kier molecular flexibility index (Phi) is 3.37. The molecule has 4 rings (SSSR count). The van der Waals surface area contributed by atoms with Crippen molar-refractivity contribution in [3.8, 4) is 0 Å². The summed E-state index contributed by atoms with van der Waals surface area (Å²) in [6.07, 6.45) is 1.10. The van der Waals surface area contributed by atoms with Crippen LogP contribution in [0.1, 0.15) is 16.8 Å². The molecule has 1 aliphatic rings. The lowest BCUT2D eigenvalue weighted by Gasteiger charge is -2.27. The van der Waals surface area contributed by atoms with Gasteiger partial charge in [-0.15, -0.1) is 0 Å². The van der Waals surface area contributed by atoms with Gasteiger partial charge in [0.05, 0.1) is 13.0 Å². The summed E-state index contributed by atoms with van der Waals surface area (Å²) in [6, 6.07) is 14.5. The first kappa shape index (κ1) is 14.0. The first-order valence-electron chi connectivity index (χ1n) is 7.81. The van der Waals surface area contributed by atoms with Crippen molar-refractivity contribution in [2.24, 2.45) is 0 Å². The molecule has 1 aliphatic heterocycles. The zero-order valence-electron chi connectivity index (χ0n) is 12.7. The maximum absolute atomic E-state index is 13.2. The smallest absolute Gasteiger partial charge is 0.227 e. The number of aromatic amines is 1. The summed E-state index contributed by atoms with van der Waals surface area (Å²) in [5.41, 5.74) is 4.27. The third-order valence-electron chi connectivity index (χ3n) is 4.48. The van der Waals surface area contributed by atoms with E-state index in [9.17, 15) is 9.18 Å². The maximum atomic E-state index is 13.2. The van der Waals surface area contributed by atoms with E-state index in [1.807, 2.05) is 17.0 Å². The van der Waals surface area contributed by atoms with Crippen LogP contribution < -0.4 is 0 Å². The number of para-hydroxylation sites is 1. The van der Waals surface area contributed by atoms with Gasteiger partial charge in [0.25, 0.3) is 0 Å². The van der Waals surface area contributed by atoms with E-state index in [2.05, 4.69) is 17.1 Å². The van der Waals surface area contributed by atoms with E-state index in [-0.39, 0.29) is 18.1 Å². The standard InChI is InChI=1S/C19H17FN2O/c20-14-5-3-4-13(10-14)11-19(23)22-9-8-16-15-6-1-2-7-17(15)21-18(16)12-22/h1-7,10,21H,8-9,11-12H2. The molecule has 2 aromatic carbocycles. The predicted octanol–water partition coefficient (Wildman–Crippen LogP) is 3.43. The van der Waals surface area contributed by atoms with Crippen LogP contribution in [0.25, 0.3) is 10.9 Å². The molecule has 1 amide bonds. The van der Waals surface area contributed by atoms with E-state index in [0.717, 1.165) is 23.2 Å². The van der Waals surface area contributed by atoms with Crippen molar-refractivity contribution in [2.45, 2.75) is 19.4 Å². The van der Waals surface area contributed by atoms with Gasteiger partial charge in [-0.3, -0.25) is 4.79 Å². The van der Waals surface area contributed by atoms with Crippen LogP contribution in [-0.2, 0) is 24.2 Å². The van der Waals surface area contributed by atoms with Crippen molar-refractivity contribution in [1.82, 2.24) is 9.88 Å². The Hall–Kier alpha value is -2.62. The first-order chi connectivity index (χ1) is 11.2. The molecule has 0 bridgehead atoms. The van der Waals surface area contributed by atoms with Gasteiger partial charge in [-0.25, -0.2) is 4.39 Å². The van der Waals surface area contributed by atoms with Crippen LogP contribution in [0.2, 0.25) is 0 Å². The van der Waals surface area contributed by atoms with E-state index in [1.165, 1.54) is 23.1 Å². The number of amides is 1. The fraction of sp³-hybridized carbons (Fsp3) is 0.211. The Labute approximate surface area is 133 Å². The highest BCUT2D eigenvalue weighted by atomic mass is 19.1. The summed E-state index contributed by atoms with van der Waals surface area (Å²) in [7, 11) is 0. The number of benzene rings is 2. The van der Waals surface area contributed by atoms with Gasteiger partial charge in [-0.2, -0.15) is 0 Å². The molecule has 2 heterocycles. The van der Waals surface area contributed by atoms with E-state index in [4.69, 9.17) is 0 Å². The number of rotatable bonds is 2. The van der Waals surface area contributed by atoms with Crippen LogP contribution in [0.15, 0.2) is 48.5 Å². The van der Waals surface area contributed by atoms with Gasteiger partial charge < -0.3 is 9.88 Å². The quantitative estimate of drug-likeness (QED) is 0.773. The third-order valence-corrected chi connectivity index (χ3v) is 4.48. The largest absolute Gasteiger partial charge is 0.357 e. The number of fused-ring (bicyclic) bond motifs is 3. The highest BCUT2D eigenvalue weighted by molar-refractivity contribution is 5.86. The zero-order valence-corrected chi connectivity index (χ0v) is 12.7. The van der Waals surface area contributed by atoms with Crippen molar-refractivity contribution < 1.29 is 9.18 Å². The number of H-pyrrole nitrogens is 1. The number of hydrogen-bond donors (Lipinski definition) is 1. The third kappa shape index (κ3) is 2.61. The molecule has 3 aromatic rings. The summed E-state index contributed by atoms with van der Waals surface area (Å²) >= 11 is 0. The summed E-state index contributed by atoms with van der Waals surface area (Å²) in [4.78, 5) is 17.8. The second-order valence-electron chi connectivity index (χ2n) is 6.00. The lowest BCUT2D eigenvalue weighted by Crippen LogP contribution is -2.36. The highest BCUT2D eigenvalue weighted by Crippen LogP contribution is 2.27. The zero-order chi connectivity index (χ0) is 15.8. The Morgan fingerprint density at radius 2 is 2.04 bits per heavy atom. The van der Waals surface area contributed by atoms with Crippen molar-refractivity contribution >= 4 is 16.8 Å². The van der Waals surface area contributed by atoms with Gasteiger partial charge in [-0.1, -0.05) is 30.3 Å². The Morgan fingerprint density at radius 1 is 1.17 bits per heavy atom. The molecular formula is C19H17FN2O. The van der Waals surface area contributed by atoms with Crippen molar-refractivity contribution in [3.05, 3.63) is 71.2 Å². The van der Waals surface area contributed by atoms with E-state index >= 15 is 0 Å². The lowest BCUT2D eigenvalue weighted by atomic mass is 10.0.